The van der Waals surface area contributed by atoms with E-state index in [2.05, 4.69) is 9.88 Å². The highest BCUT2D eigenvalue weighted by atomic mass is 16.6. The molecule has 1 spiro atoms. The predicted molar refractivity (Wildman–Crippen MR) is 131 cm³/mol. The number of carbonyl (C=O) groups is 1. The molecule has 8 nitrogen and oxygen atoms in total. The lowest BCUT2D eigenvalue weighted by atomic mass is 9.48. The third kappa shape index (κ3) is 3.00. The SMILES string of the molecule is CN(C(=O)OCc1cccnc1)[C@H]1CC[C@@]2(O)[C@@H]3Cc4ccc(O)c5c4[C@@]2(CCN3CC2CC2)[C@H]1O5. The number of likely N-dealkylation sites (tertiary alicyclic amines) is 1. The van der Waals surface area contributed by atoms with Crippen molar-refractivity contribution in [3.63, 3.8) is 0 Å². The van der Waals surface area contributed by atoms with Gasteiger partial charge in [-0.15, -0.1) is 0 Å². The molecule has 2 aromatic rings. The molecule has 8 heteroatoms. The normalized spacial score (nSPS) is 34.0. The summed E-state index contributed by atoms with van der Waals surface area (Å²) in [6.45, 7) is 2.08. The Morgan fingerprint density at radius 2 is 2.14 bits per heavy atom. The number of likely N-dealkylation sites (N-methyl/N-ethyl adjacent to an activating group) is 1. The minimum atomic E-state index is -0.964. The number of piperidine rings is 1. The fraction of sp³-hybridized carbons (Fsp3) is 0.571. The van der Waals surface area contributed by atoms with Crippen molar-refractivity contribution in [2.24, 2.45) is 5.92 Å². The largest absolute Gasteiger partial charge is 0.504 e. The van der Waals surface area contributed by atoms with E-state index in [0.717, 1.165) is 48.5 Å². The molecule has 0 radical (unpaired) electrons. The highest BCUT2D eigenvalue weighted by molar-refractivity contribution is 5.69. The Balaban J connectivity index is 1.23. The van der Waals surface area contributed by atoms with E-state index in [0.29, 0.717) is 18.6 Å². The van der Waals surface area contributed by atoms with Gasteiger partial charge in [-0.3, -0.25) is 9.88 Å². The molecule has 3 aliphatic carbocycles. The molecule has 5 aliphatic rings. The lowest BCUT2D eigenvalue weighted by Crippen LogP contribution is -2.78. The van der Waals surface area contributed by atoms with E-state index in [4.69, 9.17) is 9.47 Å². The number of pyridine rings is 1. The number of aliphatic hydroxyl groups is 1. The van der Waals surface area contributed by atoms with Gasteiger partial charge in [0.25, 0.3) is 0 Å². The van der Waals surface area contributed by atoms with Crippen LogP contribution in [0.5, 0.6) is 11.5 Å². The zero-order valence-corrected chi connectivity index (χ0v) is 20.6. The van der Waals surface area contributed by atoms with Crippen molar-refractivity contribution in [1.82, 2.24) is 14.8 Å². The summed E-state index contributed by atoms with van der Waals surface area (Å²) in [5.74, 6) is 1.35. The van der Waals surface area contributed by atoms with Gasteiger partial charge in [-0.2, -0.15) is 0 Å². The molecular formula is C28H33N3O5. The first-order valence-electron chi connectivity index (χ1n) is 13.2. The van der Waals surface area contributed by atoms with Crippen molar-refractivity contribution in [2.45, 2.75) is 74.3 Å². The van der Waals surface area contributed by atoms with Crippen molar-refractivity contribution in [3.8, 4) is 11.5 Å². The molecule has 0 unspecified atom stereocenters. The fourth-order valence-corrected chi connectivity index (χ4v) is 7.72. The molecule has 7 rings (SSSR count). The summed E-state index contributed by atoms with van der Waals surface area (Å²) in [5, 5.41) is 23.3. The molecule has 1 aromatic heterocycles. The van der Waals surface area contributed by atoms with Crippen molar-refractivity contribution in [3.05, 3.63) is 53.3 Å². The smallest absolute Gasteiger partial charge is 0.410 e. The van der Waals surface area contributed by atoms with Gasteiger partial charge in [-0.1, -0.05) is 12.1 Å². The molecule has 2 bridgehead atoms. The highest BCUT2D eigenvalue weighted by Crippen LogP contribution is 2.66. The predicted octanol–water partition coefficient (Wildman–Crippen LogP) is 2.99. The molecule has 1 amide bonds. The zero-order valence-electron chi connectivity index (χ0n) is 20.6. The molecule has 2 aliphatic heterocycles. The van der Waals surface area contributed by atoms with Crippen LogP contribution < -0.4 is 4.74 Å². The number of phenolic OH excluding ortho intramolecular Hbond substituents is 1. The standard InChI is InChI=1S/C28H33N3O5/c1-30(26(33)35-16-18-3-2-11-29-14-18)20-8-9-28(34)22-13-19-6-7-21(32)24-23(19)27(28,25(20)36-24)10-12-31(22)15-17-4-5-17/h2-3,6-7,11,14,17,20,22,25,32,34H,4-5,8-10,12-13,15-16H2,1H3/t20-,22-,25-,27-,28+/m0/s1. The van der Waals surface area contributed by atoms with Crippen LogP contribution in [-0.2, 0) is 23.2 Å². The second-order valence-corrected chi connectivity index (χ2v) is 11.4. The van der Waals surface area contributed by atoms with Crippen molar-refractivity contribution < 1.29 is 24.5 Å². The van der Waals surface area contributed by atoms with Gasteiger partial charge in [0.1, 0.15) is 12.7 Å². The zero-order chi connectivity index (χ0) is 24.7. The minimum absolute atomic E-state index is 0.0183. The van der Waals surface area contributed by atoms with Gasteiger partial charge in [0.2, 0.25) is 0 Å². The van der Waals surface area contributed by atoms with Gasteiger partial charge in [-0.05, 0) is 68.7 Å². The first-order valence-corrected chi connectivity index (χ1v) is 13.2. The number of nitrogens with zero attached hydrogens (tertiary/aromatic N) is 3. The van der Waals surface area contributed by atoms with Crippen LogP contribution in [0.4, 0.5) is 4.79 Å². The molecule has 36 heavy (non-hydrogen) atoms. The first kappa shape index (κ1) is 22.4. The number of aromatic nitrogens is 1. The van der Waals surface area contributed by atoms with Gasteiger partial charge >= 0.3 is 6.09 Å². The quantitative estimate of drug-likeness (QED) is 0.664. The third-order valence-corrected chi connectivity index (χ3v) is 9.60. The van der Waals surface area contributed by atoms with Crippen LogP contribution in [0.2, 0.25) is 0 Å². The highest BCUT2D eigenvalue weighted by Gasteiger charge is 2.73. The summed E-state index contributed by atoms with van der Waals surface area (Å²) < 4.78 is 12.2. The summed E-state index contributed by atoms with van der Waals surface area (Å²) in [4.78, 5) is 21.4. The number of phenols is 1. The van der Waals surface area contributed by atoms with Crippen LogP contribution in [0.25, 0.3) is 0 Å². The number of hydrogen-bond donors (Lipinski definition) is 2. The molecular weight excluding hydrogens is 458 g/mol. The van der Waals surface area contributed by atoms with E-state index in [9.17, 15) is 15.0 Å². The average molecular weight is 492 g/mol. The summed E-state index contributed by atoms with van der Waals surface area (Å²) in [5.41, 5.74) is 1.34. The Bertz CT molecular complexity index is 1200. The Hall–Kier alpha value is -2.84. The van der Waals surface area contributed by atoms with Gasteiger partial charge in [-0.25, -0.2) is 4.79 Å². The van der Waals surface area contributed by atoms with Gasteiger partial charge in [0.05, 0.1) is 17.1 Å². The number of rotatable bonds is 5. The Labute approximate surface area is 210 Å². The molecule has 5 atom stereocenters. The lowest BCUT2D eigenvalue weighted by Gasteiger charge is -2.64. The van der Waals surface area contributed by atoms with Crippen molar-refractivity contribution >= 4 is 6.09 Å². The van der Waals surface area contributed by atoms with Crippen LogP contribution in [0.15, 0.2) is 36.7 Å². The van der Waals surface area contributed by atoms with E-state index in [1.807, 2.05) is 18.2 Å². The van der Waals surface area contributed by atoms with E-state index in [1.165, 1.54) is 12.8 Å². The number of ether oxygens (including phenoxy) is 2. The molecule has 1 aromatic carbocycles. The minimum Gasteiger partial charge on any atom is -0.504 e. The van der Waals surface area contributed by atoms with Gasteiger partial charge in [0, 0.05) is 43.2 Å². The number of amides is 1. The van der Waals surface area contributed by atoms with E-state index < -0.39 is 23.2 Å². The molecule has 2 N–H and O–H groups in total. The number of hydrogen-bond acceptors (Lipinski definition) is 7. The van der Waals surface area contributed by atoms with Crippen LogP contribution in [0, 0.1) is 5.92 Å². The van der Waals surface area contributed by atoms with E-state index in [1.54, 1.807) is 30.4 Å². The maximum Gasteiger partial charge on any atom is 0.410 e. The Morgan fingerprint density at radius 3 is 2.92 bits per heavy atom. The maximum absolute atomic E-state index is 13.1. The number of carbonyl (C=O) groups excluding carboxylic acids is 1. The van der Waals surface area contributed by atoms with Crippen LogP contribution in [0.3, 0.4) is 0 Å². The van der Waals surface area contributed by atoms with E-state index >= 15 is 0 Å². The van der Waals surface area contributed by atoms with Crippen LogP contribution >= 0.6 is 0 Å². The second-order valence-electron chi connectivity index (χ2n) is 11.4. The monoisotopic (exact) mass is 491 g/mol. The third-order valence-electron chi connectivity index (χ3n) is 9.60. The van der Waals surface area contributed by atoms with E-state index in [-0.39, 0.29) is 24.4 Å². The average Bonchev–Trinajstić information content (AvgIpc) is 3.63. The second kappa shape index (κ2) is 7.83. The first-order chi connectivity index (χ1) is 17.4. The Morgan fingerprint density at radius 1 is 1.28 bits per heavy atom. The van der Waals surface area contributed by atoms with Gasteiger partial charge in [0.15, 0.2) is 11.5 Å². The number of benzene rings is 1. The number of aromatic hydroxyl groups is 1. The molecule has 2 saturated carbocycles. The summed E-state index contributed by atoms with van der Waals surface area (Å²) >= 11 is 0. The lowest BCUT2D eigenvalue weighted by molar-refractivity contribution is -0.198. The van der Waals surface area contributed by atoms with Gasteiger partial charge < -0.3 is 24.6 Å². The topological polar surface area (TPSA) is 95.4 Å². The molecule has 3 fully saturated rings. The summed E-state index contributed by atoms with van der Waals surface area (Å²) in [7, 11) is 1.76. The fourth-order valence-electron chi connectivity index (χ4n) is 7.72. The van der Waals surface area contributed by atoms with Crippen LogP contribution in [0.1, 0.15) is 48.8 Å². The Kier molecular flexibility index (Phi) is 4.86. The van der Waals surface area contributed by atoms with Crippen molar-refractivity contribution in [1.29, 1.82) is 0 Å². The summed E-state index contributed by atoms with van der Waals surface area (Å²) in [6, 6.07) is 7.15. The maximum atomic E-state index is 13.1. The summed E-state index contributed by atoms with van der Waals surface area (Å²) in [6.07, 6.45) is 7.76. The van der Waals surface area contributed by atoms with Crippen molar-refractivity contribution in [2.75, 3.05) is 20.1 Å². The molecule has 1 saturated heterocycles. The van der Waals surface area contributed by atoms with Crippen LogP contribution in [-0.4, -0.2) is 75.0 Å². The molecule has 190 valence electrons. The molecule has 3 heterocycles.